The smallest absolute Gasteiger partial charge is 0.257 e. The molecule has 0 aromatic heterocycles. The van der Waals surface area contributed by atoms with E-state index in [1.54, 1.807) is 0 Å². The number of para-hydroxylation sites is 1. The molecule has 3 rings (SSSR count). The van der Waals surface area contributed by atoms with Crippen molar-refractivity contribution in [2.24, 2.45) is 11.8 Å². The zero-order chi connectivity index (χ0) is 13.9. The number of amides is 1. The Labute approximate surface area is 120 Å². The van der Waals surface area contributed by atoms with E-state index in [0.717, 1.165) is 38.5 Å². The van der Waals surface area contributed by atoms with Crippen LogP contribution in [-0.4, -0.2) is 43.6 Å². The molecule has 1 amide bonds. The molecule has 2 atom stereocenters. The lowest BCUT2D eigenvalue weighted by molar-refractivity contribution is 0.0638. The van der Waals surface area contributed by atoms with Crippen molar-refractivity contribution in [2.45, 2.75) is 13.3 Å². The number of ether oxygens (including phenoxy) is 1. The molecule has 2 saturated heterocycles. The van der Waals surface area contributed by atoms with Crippen LogP contribution in [0.15, 0.2) is 24.3 Å². The van der Waals surface area contributed by atoms with Gasteiger partial charge in [-0.2, -0.15) is 0 Å². The number of hydrogen-bond donors (Lipinski definition) is 1. The van der Waals surface area contributed by atoms with Crippen molar-refractivity contribution in [1.82, 2.24) is 10.2 Å². The van der Waals surface area contributed by atoms with Gasteiger partial charge in [0.05, 0.1) is 12.2 Å². The van der Waals surface area contributed by atoms with E-state index in [2.05, 4.69) is 5.32 Å². The molecule has 4 heteroatoms. The van der Waals surface area contributed by atoms with Crippen molar-refractivity contribution in [3.8, 4) is 5.75 Å². The van der Waals surface area contributed by atoms with Gasteiger partial charge >= 0.3 is 0 Å². The highest BCUT2D eigenvalue weighted by molar-refractivity contribution is 5.97. The van der Waals surface area contributed by atoms with Crippen LogP contribution in [0.5, 0.6) is 5.75 Å². The van der Waals surface area contributed by atoms with E-state index in [1.165, 1.54) is 0 Å². The maximum atomic E-state index is 12.7. The maximum Gasteiger partial charge on any atom is 0.257 e. The summed E-state index contributed by atoms with van der Waals surface area (Å²) in [5.74, 6) is 2.18. The average Bonchev–Trinajstić information content (AvgIpc) is 2.95. The van der Waals surface area contributed by atoms with Crippen LogP contribution < -0.4 is 10.1 Å². The lowest BCUT2D eigenvalue weighted by atomic mass is 9.88. The van der Waals surface area contributed by atoms with Crippen LogP contribution in [0.2, 0.25) is 0 Å². The van der Waals surface area contributed by atoms with Gasteiger partial charge in [-0.3, -0.25) is 4.79 Å². The molecule has 1 aromatic carbocycles. The predicted molar refractivity (Wildman–Crippen MR) is 78.0 cm³/mol. The summed E-state index contributed by atoms with van der Waals surface area (Å²) < 4.78 is 5.58. The molecule has 0 bridgehead atoms. The lowest BCUT2D eigenvalue weighted by Gasteiger charge is -2.34. The number of rotatable bonds is 3. The summed E-state index contributed by atoms with van der Waals surface area (Å²) in [6.45, 7) is 6.42. The van der Waals surface area contributed by atoms with E-state index in [4.69, 9.17) is 4.74 Å². The minimum absolute atomic E-state index is 0.111. The minimum Gasteiger partial charge on any atom is -0.493 e. The maximum absolute atomic E-state index is 12.7. The summed E-state index contributed by atoms with van der Waals surface area (Å²) in [7, 11) is 0. The van der Waals surface area contributed by atoms with Crippen LogP contribution in [0.25, 0.3) is 0 Å². The van der Waals surface area contributed by atoms with Crippen molar-refractivity contribution in [2.75, 3.05) is 32.8 Å². The second kappa shape index (κ2) is 5.83. The zero-order valence-electron chi connectivity index (χ0n) is 12.0. The molecule has 20 heavy (non-hydrogen) atoms. The van der Waals surface area contributed by atoms with Crippen LogP contribution >= 0.6 is 0 Å². The molecule has 1 N–H and O–H groups in total. The Morgan fingerprint density at radius 1 is 1.35 bits per heavy atom. The van der Waals surface area contributed by atoms with E-state index in [9.17, 15) is 4.79 Å². The molecule has 4 nitrogen and oxygen atoms in total. The monoisotopic (exact) mass is 274 g/mol. The highest BCUT2D eigenvalue weighted by Gasteiger charge is 2.35. The van der Waals surface area contributed by atoms with Gasteiger partial charge in [0.25, 0.3) is 5.91 Å². The van der Waals surface area contributed by atoms with Crippen LogP contribution in [-0.2, 0) is 0 Å². The van der Waals surface area contributed by atoms with Gasteiger partial charge in [-0.05, 0) is 50.4 Å². The van der Waals surface area contributed by atoms with E-state index in [-0.39, 0.29) is 5.91 Å². The number of likely N-dealkylation sites (tertiary alicyclic amines) is 1. The van der Waals surface area contributed by atoms with E-state index in [1.807, 2.05) is 36.1 Å². The molecular weight excluding hydrogens is 252 g/mol. The third-order valence-electron chi connectivity index (χ3n) is 4.41. The molecule has 2 fully saturated rings. The van der Waals surface area contributed by atoms with Crippen molar-refractivity contribution >= 4 is 5.91 Å². The summed E-state index contributed by atoms with van der Waals surface area (Å²) in [5.41, 5.74) is 0.693. The van der Waals surface area contributed by atoms with Crippen molar-refractivity contribution in [3.05, 3.63) is 29.8 Å². The highest BCUT2D eigenvalue weighted by Crippen LogP contribution is 2.28. The molecule has 2 unspecified atom stereocenters. The van der Waals surface area contributed by atoms with Crippen molar-refractivity contribution < 1.29 is 9.53 Å². The van der Waals surface area contributed by atoms with Crippen LogP contribution in [0.4, 0.5) is 0 Å². The fourth-order valence-electron chi connectivity index (χ4n) is 3.31. The van der Waals surface area contributed by atoms with Crippen LogP contribution in [0, 0.1) is 11.8 Å². The summed E-state index contributed by atoms with van der Waals surface area (Å²) in [6.07, 6.45) is 1.11. The Bertz CT molecular complexity index is 489. The third kappa shape index (κ3) is 2.52. The van der Waals surface area contributed by atoms with Gasteiger partial charge in [0.2, 0.25) is 0 Å². The number of carbonyl (C=O) groups excluding carboxylic acids is 1. The van der Waals surface area contributed by atoms with Gasteiger partial charge < -0.3 is 15.0 Å². The van der Waals surface area contributed by atoms with Gasteiger partial charge in [0.15, 0.2) is 0 Å². The number of piperidine rings is 1. The molecule has 0 aliphatic carbocycles. The Kier molecular flexibility index (Phi) is 3.92. The Morgan fingerprint density at radius 2 is 2.15 bits per heavy atom. The fraction of sp³-hybridized carbons (Fsp3) is 0.562. The SMILES string of the molecule is CCOc1ccccc1C(=O)N1CCC2CNCC2C1. The Hall–Kier alpha value is -1.55. The van der Waals surface area contributed by atoms with Gasteiger partial charge in [0, 0.05) is 13.1 Å². The Morgan fingerprint density at radius 3 is 3.00 bits per heavy atom. The summed E-state index contributed by atoms with van der Waals surface area (Å²) >= 11 is 0. The van der Waals surface area contributed by atoms with E-state index in [0.29, 0.717) is 23.8 Å². The summed E-state index contributed by atoms with van der Waals surface area (Å²) in [6, 6.07) is 7.56. The van der Waals surface area contributed by atoms with Gasteiger partial charge in [-0.1, -0.05) is 12.1 Å². The number of carbonyl (C=O) groups is 1. The number of nitrogens with one attached hydrogen (secondary N) is 1. The largest absolute Gasteiger partial charge is 0.493 e. The molecule has 1 aromatic rings. The van der Waals surface area contributed by atoms with E-state index < -0.39 is 0 Å². The van der Waals surface area contributed by atoms with Gasteiger partial charge in [-0.25, -0.2) is 0 Å². The second-order valence-electron chi connectivity index (χ2n) is 5.65. The number of fused-ring (bicyclic) bond motifs is 1. The topological polar surface area (TPSA) is 41.6 Å². The minimum atomic E-state index is 0.111. The molecule has 0 saturated carbocycles. The normalized spacial score (nSPS) is 25.4. The third-order valence-corrected chi connectivity index (χ3v) is 4.41. The first-order valence-electron chi connectivity index (χ1n) is 7.51. The first-order chi connectivity index (χ1) is 9.79. The quantitative estimate of drug-likeness (QED) is 0.913. The average molecular weight is 274 g/mol. The summed E-state index contributed by atoms with van der Waals surface area (Å²) in [4.78, 5) is 14.7. The van der Waals surface area contributed by atoms with Crippen molar-refractivity contribution in [3.63, 3.8) is 0 Å². The fourth-order valence-corrected chi connectivity index (χ4v) is 3.31. The van der Waals surface area contributed by atoms with Gasteiger partial charge in [0.1, 0.15) is 5.75 Å². The number of hydrogen-bond acceptors (Lipinski definition) is 3. The number of nitrogens with zero attached hydrogens (tertiary/aromatic N) is 1. The van der Waals surface area contributed by atoms with Gasteiger partial charge in [-0.15, -0.1) is 0 Å². The highest BCUT2D eigenvalue weighted by atomic mass is 16.5. The van der Waals surface area contributed by atoms with Crippen LogP contribution in [0.1, 0.15) is 23.7 Å². The Balaban J connectivity index is 1.75. The summed E-state index contributed by atoms with van der Waals surface area (Å²) in [5, 5.41) is 3.43. The number of benzene rings is 1. The first kappa shape index (κ1) is 13.4. The molecule has 108 valence electrons. The van der Waals surface area contributed by atoms with Crippen LogP contribution in [0.3, 0.4) is 0 Å². The molecule has 2 heterocycles. The van der Waals surface area contributed by atoms with Crippen molar-refractivity contribution in [1.29, 1.82) is 0 Å². The predicted octanol–water partition coefficient (Wildman–Crippen LogP) is 1.77. The lowest BCUT2D eigenvalue weighted by Crippen LogP contribution is -2.43. The molecule has 0 spiro atoms. The standard InChI is InChI=1S/C16H22N2O2/c1-2-20-15-6-4-3-5-14(15)16(19)18-8-7-12-9-17-10-13(12)11-18/h3-6,12-13,17H,2,7-11H2,1H3. The molecular formula is C16H22N2O2. The zero-order valence-corrected chi connectivity index (χ0v) is 12.0. The second-order valence-corrected chi connectivity index (χ2v) is 5.65. The molecule has 2 aliphatic rings. The first-order valence-corrected chi connectivity index (χ1v) is 7.51. The van der Waals surface area contributed by atoms with E-state index >= 15 is 0 Å². The molecule has 0 radical (unpaired) electrons. The molecule has 2 aliphatic heterocycles.